The molecule has 1 aromatic carbocycles. The van der Waals surface area contributed by atoms with Gasteiger partial charge in [0.05, 0.1) is 5.56 Å². The number of pyridine rings is 1. The summed E-state index contributed by atoms with van der Waals surface area (Å²) >= 11 is 0. The Balaban J connectivity index is 2.40. The number of alkyl halides is 3. The van der Waals surface area contributed by atoms with Crippen LogP contribution in [0.25, 0.3) is 5.57 Å². The quantitative estimate of drug-likeness (QED) is 0.514. The van der Waals surface area contributed by atoms with Gasteiger partial charge >= 0.3 is 12.3 Å². The minimum absolute atomic E-state index is 0.110. The molecule has 1 amide bonds. The Bertz CT molecular complexity index is 993. The van der Waals surface area contributed by atoms with Crippen molar-refractivity contribution < 1.29 is 27.5 Å². The van der Waals surface area contributed by atoms with Crippen molar-refractivity contribution in [3.63, 3.8) is 0 Å². The number of benzene rings is 1. The summed E-state index contributed by atoms with van der Waals surface area (Å²) in [7, 11) is 3.36. The molecule has 1 heterocycles. The number of anilines is 1. The van der Waals surface area contributed by atoms with Crippen LogP contribution in [0.1, 0.15) is 42.3 Å². The third-order valence-corrected chi connectivity index (χ3v) is 3.78. The van der Waals surface area contributed by atoms with Gasteiger partial charge in [0, 0.05) is 37.6 Å². The fourth-order valence-electron chi connectivity index (χ4n) is 2.59. The summed E-state index contributed by atoms with van der Waals surface area (Å²) in [6, 6.07) is 7.20. The molecule has 6 nitrogen and oxygen atoms in total. The number of amides is 1. The van der Waals surface area contributed by atoms with Crippen LogP contribution in [0, 0.1) is 0 Å². The number of carbonyl (C=O) groups is 2. The smallest absolute Gasteiger partial charge is 0.416 e. The van der Waals surface area contributed by atoms with Crippen LogP contribution in [0.4, 0.5) is 23.8 Å². The molecule has 0 fully saturated rings. The normalized spacial score (nSPS) is 12.3. The summed E-state index contributed by atoms with van der Waals surface area (Å²) in [6.07, 6.45) is -2.41. The van der Waals surface area contributed by atoms with Gasteiger partial charge in [0.2, 0.25) is 0 Å². The summed E-state index contributed by atoms with van der Waals surface area (Å²) in [5, 5.41) is 2.48. The lowest BCUT2D eigenvalue weighted by molar-refractivity contribution is -0.137. The molecule has 0 aliphatic rings. The Morgan fingerprint density at radius 3 is 2.32 bits per heavy atom. The molecule has 0 saturated heterocycles. The number of carbonyl (C=O) groups excluding carboxylic acids is 2. The van der Waals surface area contributed by atoms with Crippen molar-refractivity contribution in [3.05, 3.63) is 65.5 Å². The molecule has 2 aromatic rings. The fourth-order valence-corrected chi connectivity index (χ4v) is 2.59. The highest BCUT2D eigenvalue weighted by atomic mass is 19.4. The maximum absolute atomic E-state index is 13.1. The molecule has 0 atom stereocenters. The standard InChI is InChI=1S/C22H24F3N3O3/c1-21(2,3)31-20(30)27-18-12-14(9-10-26-18)17(13-28(4)5)19(29)15-7-6-8-16(11-15)22(23,24)25/h6-13H,1-5H3,(H,26,27,30)/b17-13-. The third kappa shape index (κ3) is 7.13. The predicted molar refractivity (Wildman–Crippen MR) is 112 cm³/mol. The van der Waals surface area contributed by atoms with Crippen molar-refractivity contribution >= 4 is 23.3 Å². The van der Waals surface area contributed by atoms with E-state index >= 15 is 0 Å². The number of hydrogen-bond donors (Lipinski definition) is 1. The maximum Gasteiger partial charge on any atom is 0.416 e. The van der Waals surface area contributed by atoms with E-state index in [4.69, 9.17) is 4.74 Å². The first-order chi connectivity index (χ1) is 14.3. The maximum atomic E-state index is 13.1. The second-order valence-electron chi connectivity index (χ2n) is 7.97. The Morgan fingerprint density at radius 2 is 1.74 bits per heavy atom. The molecule has 1 N–H and O–H groups in total. The lowest BCUT2D eigenvalue weighted by Crippen LogP contribution is -2.27. The largest absolute Gasteiger partial charge is 0.444 e. The van der Waals surface area contributed by atoms with Crippen LogP contribution in [0.2, 0.25) is 0 Å². The van der Waals surface area contributed by atoms with Gasteiger partial charge in [-0.3, -0.25) is 10.1 Å². The molecular weight excluding hydrogens is 411 g/mol. The number of Topliss-reactive ketones (excluding diaryl/α,β-unsaturated/α-hetero) is 1. The lowest BCUT2D eigenvalue weighted by Gasteiger charge is -2.19. The van der Waals surface area contributed by atoms with E-state index in [1.807, 2.05) is 0 Å². The molecule has 1 aromatic heterocycles. The SMILES string of the molecule is CN(C)/C=C(\C(=O)c1cccc(C(F)(F)F)c1)c1ccnc(NC(=O)OC(C)(C)C)c1. The van der Waals surface area contributed by atoms with Gasteiger partial charge in [-0.1, -0.05) is 12.1 Å². The zero-order valence-corrected chi connectivity index (χ0v) is 17.9. The topological polar surface area (TPSA) is 71.5 Å². The average Bonchev–Trinajstić information content (AvgIpc) is 2.63. The second-order valence-corrected chi connectivity index (χ2v) is 7.97. The number of ketones is 1. The lowest BCUT2D eigenvalue weighted by atomic mass is 9.96. The van der Waals surface area contributed by atoms with Crippen LogP contribution in [0.5, 0.6) is 0 Å². The number of nitrogens with one attached hydrogen (secondary N) is 1. The van der Waals surface area contributed by atoms with Gasteiger partial charge in [-0.15, -0.1) is 0 Å². The van der Waals surface area contributed by atoms with E-state index in [0.29, 0.717) is 5.56 Å². The minimum atomic E-state index is -4.57. The summed E-state index contributed by atoms with van der Waals surface area (Å²) < 4.78 is 44.4. The number of halogens is 3. The molecule has 0 unspecified atom stereocenters. The number of hydrogen-bond acceptors (Lipinski definition) is 5. The molecule has 9 heteroatoms. The van der Waals surface area contributed by atoms with Crippen molar-refractivity contribution in [1.29, 1.82) is 0 Å². The van der Waals surface area contributed by atoms with Gasteiger partial charge in [-0.05, 0) is 50.6 Å². The van der Waals surface area contributed by atoms with Crippen molar-refractivity contribution in [3.8, 4) is 0 Å². The Hall–Kier alpha value is -3.36. The van der Waals surface area contributed by atoms with Crippen LogP contribution >= 0.6 is 0 Å². The van der Waals surface area contributed by atoms with E-state index in [2.05, 4.69) is 10.3 Å². The Kier molecular flexibility index (Phi) is 7.09. The first kappa shape index (κ1) is 23.9. The highest BCUT2D eigenvalue weighted by Crippen LogP contribution is 2.31. The first-order valence-corrected chi connectivity index (χ1v) is 9.33. The molecule has 0 aliphatic heterocycles. The number of ether oxygens (including phenoxy) is 1. The molecule has 0 saturated carbocycles. The van der Waals surface area contributed by atoms with Crippen LogP contribution in [-0.2, 0) is 10.9 Å². The Morgan fingerprint density at radius 1 is 1.06 bits per heavy atom. The van der Waals surface area contributed by atoms with Gasteiger partial charge < -0.3 is 9.64 Å². The highest BCUT2D eigenvalue weighted by Gasteiger charge is 2.31. The number of rotatable bonds is 5. The molecule has 0 bridgehead atoms. The van der Waals surface area contributed by atoms with Crippen molar-refractivity contribution in [1.82, 2.24) is 9.88 Å². The zero-order valence-electron chi connectivity index (χ0n) is 17.9. The second kappa shape index (κ2) is 9.20. The average molecular weight is 435 g/mol. The fraction of sp³-hybridized carbons (Fsp3) is 0.318. The number of nitrogens with zero attached hydrogens (tertiary/aromatic N) is 2. The monoisotopic (exact) mass is 435 g/mol. The predicted octanol–water partition coefficient (Wildman–Crippen LogP) is 5.23. The van der Waals surface area contributed by atoms with E-state index in [0.717, 1.165) is 12.1 Å². The minimum Gasteiger partial charge on any atom is -0.444 e. The molecule has 31 heavy (non-hydrogen) atoms. The van der Waals surface area contributed by atoms with Gasteiger partial charge in [0.25, 0.3) is 0 Å². The van der Waals surface area contributed by atoms with E-state index in [9.17, 15) is 22.8 Å². The van der Waals surface area contributed by atoms with Gasteiger partial charge in [0.1, 0.15) is 11.4 Å². The first-order valence-electron chi connectivity index (χ1n) is 9.33. The third-order valence-electron chi connectivity index (χ3n) is 3.78. The van der Waals surface area contributed by atoms with E-state index in [-0.39, 0.29) is 17.0 Å². The van der Waals surface area contributed by atoms with E-state index in [1.54, 1.807) is 39.8 Å². The Labute approximate surface area is 178 Å². The van der Waals surface area contributed by atoms with Crippen LogP contribution in [0.3, 0.4) is 0 Å². The van der Waals surface area contributed by atoms with Crippen LogP contribution in [0.15, 0.2) is 48.8 Å². The van der Waals surface area contributed by atoms with Crippen molar-refractivity contribution in [2.75, 3.05) is 19.4 Å². The van der Waals surface area contributed by atoms with E-state index in [1.165, 1.54) is 36.7 Å². The molecule has 2 rings (SSSR count). The van der Waals surface area contributed by atoms with Gasteiger partial charge in [-0.2, -0.15) is 13.2 Å². The van der Waals surface area contributed by atoms with Gasteiger partial charge in [0.15, 0.2) is 5.78 Å². The zero-order chi connectivity index (χ0) is 23.4. The summed E-state index contributed by atoms with van der Waals surface area (Å²) in [5.41, 5.74) is -1.22. The molecule has 0 radical (unpaired) electrons. The molecule has 0 spiro atoms. The van der Waals surface area contributed by atoms with Crippen molar-refractivity contribution in [2.24, 2.45) is 0 Å². The van der Waals surface area contributed by atoms with Gasteiger partial charge in [-0.25, -0.2) is 9.78 Å². The summed E-state index contributed by atoms with van der Waals surface area (Å²) in [5.74, 6) is -0.470. The number of allylic oxidation sites excluding steroid dienone is 1. The van der Waals surface area contributed by atoms with Crippen LogP contribution in [-0.4, -0.2) is 41.5 Å². The summed E-state index contributed by atoms with van der Waals surface area (Å²) in [4.78, 5) is 30.7. The number of aromatic nitrogens is 1. The molecule has 166 valence electrons. The highest BCUT2D eigenvalue weighted by molar-refractivity contribution is 6.29. The molecule has 0 aliphatic carbocycles. The van der Waals surface area contributed by atoms with Crippen molar-refractivity contribution in [2.45, 2.75) is 32.5 Å². The van der Waals surface area contributed by atoms with E-state index < -0.39 is 29.2 Å². The summed E-state index contributed by atoms with van der Waals surface area (Å²) in [6.45, 7) is 5.13. The van der Waals surface area contributed by atoms with Crippen LogP contribution < -0.4 is 5.32 Å². The molecular formula is C22H24F3N3O3.